The van der Waals surface area contributed by atoms with E-state index >= 15 is 0 Å². The van der Waals surface area contributed by atoms with Gasteiger partial charge in [-0.15, -0.1) is 0 Å². The molecule has 0 radical (unpaired) electrons. The van der Waals surface area contributed by atoms with Crippen molar-refractivity contribution in [3.05, 3.63) is 28.5 Å². The molecule has 2 bridgehead atoms. The molecule has 4 heteroatoms. The zero-order valence-corrected chi connectivity index (χ0v) is 13.8. The molecule has 0 aliphatic heterocycles. The smallest absolute Gasteiger partial charge is 0.338 e. The van der Waals surface area contributed by atoms with E-state index in [0.717, 1.165) is 18.5 Å². The summed E-state index contributed by atoms with van der Waals surface area (Å²) in [5.41, 5.74) is 1.55. The number of ether oxygens (including phenoxy) is 1. The summed E-state index contributed by atoms with van der Waals surface area (Å²) in [5.74, 6) is 0.375. The molecule has 2 fully saturated rings. The van der Waals surface area contributed by atoms with Crippen molar-refractivity contribution in [2.24, 2.45) is 16.7 Å². The van der Waals surface area contributed by atoms with Crippen molar-refractivity contribution in [2.45, 2.75) is 53.1 Å². The Morgan fingerprint density at radius 1 is 1.38 bits per heavy atom. The Morgan fingerprint density at radius 2 is 2.10 bits per heavy atom. The Labute approximate surface area is 131 Å². The molecule has 1 aromatic rings. The van der Waals surface area contributed by atoms with Gasteiger partial charge in [0.2, 0.25) is 0 Å². The molecule has 0 N–H and O–H groups in total. The number of rotatable bonds is 2. The molecule has 3 rings (SSSR count). The maximum atomic E-state index is 12.4. The lowest BCUT2D eigenvalue weighted by molar-refractivity contribution is -0.0242. The van der Waals surface area contributed by atoms with Gasteiger partial charge in [0.05, 0.1) is 5.56 Å². The second-order valence-electron chi connectivity index (χ2n) is 7.32. The van der Waals surface area contributed by atoms with Gasteiger partial charge in [0.15, 0.2) is 0 Å². The van der Waals surface area contributed by atoms with Gasteiger partial charge < -0.3 is 4.74 Å². The van der Waals surface area contributed by atoms with Gasteiger partial charge in [-0.2, -0.15) is 0 Å². The molecule has 114 valence electrons. The Morgan fingerprint density at radius 3 is 2.62 bits per heavy atom. The van der Waals surface area contributed by atoms with Gasteiger partial charge in [0, 0.05) is 11.1 Å². The van der Waals surface area contributed by atoms with E-state index in [1.165, 1.54) is 6.42 Å². The first-order chi connectivity index (χ1) is 9.74. The van der Waals surface area contributed by atoms with Gasteiger partial charge in [-0.05, 0) is 49.7 Å². The number of pyridine rings is 1. The summed E-state index contributed by atoms with van der Waals surface area (Å²) in [6, 6.07) is 3.31. The van der Waals surface area contributed by atoms with Crippen molar-refractivity contribution < 1.29 is 9.53 Å². The number of halogens is 1. The van der Waals surface area contributed by atoms with Gasteiger partial charge in [0.25, 0.3) is 0 Å². The molecule has 0 spiro atoms. The van der Waals surface area contributed by atoms with Crippen molar-refractivity contribution >= 4 is 17.6 Å². The Kier molecular flexibility index (Phi) is 3.32. The highest BCUT2D eigenvalue weighted by molar-refractivity contribution is 6.29. The fourth-order valence-corrected chi connectivity index (χ4v) is 4.50. The molecule has 1 heterocycles. The molecule has 0 aromatic carbocycles. The maximum absolute atomic E-state index is 12.4. The third kappa shape index (κ3) is 2.17. The van der Waals surface area contributed by atoms with Crippen LogP contribution in [0, 0.1) is 23.7 Å². The summed E-state index contributed by atoms with van der Waals surface area (Å²) in [6.45, 7) is 8.71. The van der Waals surface area contributed by atoms with Crippen LogP contribution in [0.5, 0.6) is 0 Å². The molecular formula is C17H22ClNO2. The summed E-state index contributed by atoms with van der Waals surface area (Å²) < 4.78 is 5.85. The molecule has 2 aliphatic carbocycles. The third-order valence-electron chi connectivity index (χ3n) is 6.12. The first kappa shape index (κ1) is 14.8. The van der Waals surface area contributed by atoms with Crippen molar-refractivity contribution in [1.82, 2.24) is 4.98 Å². The summed E-state index contributed by atoms with van der Waals surface area (Å²) in [5, 5.41) is 0.335. The average Bonchev–Trinajstić information content (AvgIpc) is 2.70. The van der Waals surface area contributed by atoms with Crippen LogP contribution in [-0.4, -0.2) is 17.1 Å². The summed E-state index contributed by atoms with van der Waals surface area (Å²) in [6.07, 6.45) is 3.37. The lowest BCUT2D eigenvalue weighted by Crippen LogP contribution is -2.38. The van der Waals surface area contributed by atoms with Crippen LogP contribution in [0.15, 0.2) is 12.1 Å². The minimum Gasteiger partial charge on any atom is -0.458 e. The molecule has 2 saturated carbocycles. The first-order valence-electron chi connectivity index (χ1n) is 7.59. The lowest BCUT2D eigenvalue weighted by Gasteiger charge is -2.38. The maximum Gasteiger partial charge on any atom is 0.338 e. The second kappa shape index (κ2) is 4.70. The standard InChI is InChI=1S/C17H22ClNO2/c1-10-7-11(8-14(18)19-10)15(20)21-13-9-12-5-6-17(13,4)16(12,2)3/h7-8,12-13H,5-6,9H2,1-4H3. The van der Waals surface area contributed by atoms with E-state index in [-0.39, 0.29) is 22.9 Å². The van der Waals surface area contributed by atoms with E-state index in [9.17, 15) is 4.79 Å². The first-order valence-corrected chi connectivity index (χ1v) is 7.97. The molecule has 0 saturated heterocycles. The Balaban J connectivity index is 1.80. The van der Waals surface area contributed by atoms with E-state index in [1.54, 1.807) is 12.1 Å². The summed E-state index contributed by atoms with van der Waals surface area (Å²) in [4.78, 5) is 16.5. The second-order valence-corrected chi connectivity index (χ2v) is 7.71. The Hall–Kier alpha value is -1.09. The number of hydrogen-bond donors (Lipinski definition) is 0. The van der Waals surface area contributed by atoms with Crippen LogP contribution in [-0.2, 0) is 4.74 Å². The topological polar surface area (TPSA) is 39.2 Å². The number of carbonyl (C=O) groups is 1. The van der Waals surface area contributed by atoms with Crippen LogP contribution in [0.2, 0.25) is 5.15 Å². The molecule has 3 atom stereocenters. The highest BCUT2D eigenvalue weighted by Crippen LogP contribution is 2.66. The molecule has 1 aromatic heterocycles. The van der Waals surface area contributed by atoms with Crippen LogP contribution in [0.1, 0.15) is 56.1 Å². The SMILES string of the molecule is Cc1cc(C(=O)OC2CC3CCC2(C)C3(C)C)cc(Cl)n1. The van der Waals surface area contributed by atoms with Gasteiger partial charge in [-0.3, -0.25) is 0 Å². The average molecular weight is 308 g/mol. The quantitative estimate of drug-likeness (QED) is 0.600. The minimum atomic E-state index is -0.281. The Bertz CT molecular complexity index is 578. The number of nitrogens with zero attached hydrogens (tertiary/aromatic N) is 1. The van der Waals surface area contributed by atoms with Crippen molar-refractivity contribution in [2.75, 3.05) is 0 Å². The van der Waals surface area contributed by atoms with Gasteiger partial charge >= 0.3 is 5.97 Å². The summed E-state index contributed by atoms with van der Waals surface area (Å²) >= 11 is 5.93. The molecule has 0 amide bonds. The number of esters is 1. The molecule has 3 unspecified atom stereocenters. The van der Waals surface area contributed by atoms with Crippen LogP contribution < -0.4 is 0 Å². The third-order valence-corrected chi connectivity index (χ3v) is 6.31. The van der Waals surface area contributed by atoms with Gasteiger partial charge in [-0.1, -0.05) is 32.4 Å². The van der Waals surface area contributed by atoms with Gasteiger partial charge in [-0.25, -0.2) is 9.78 Å². The number of fused-ring (bicyclic) bond motifs is 2. The predicted octanol–water partition coefficient (Wildman–Crippen LogP) is 4.42. The molecule has 3 nitrogen and oxygen atoms in total. The highest BCUT2D eigenvalue weighted by atomic mass is 35.5. The van der Waals surface area contributed by atoms with Crippen LogP contribution in [0.4, 0.5) is 0 Å². The van der Waals surface area contributed by atoms with Crippen molar-refractivity contribution in [1.29, 1.82) is 0 Å². The largest absolute Gasteiger partial charge is 0.458 e. The van der Waals surface area contributed by atoms with Gasteiger partial charge in [0.1, 0.15) is 11.3 Å². The molecular weight excluding hydrogens is 286 g/mol. The van der Waals surface area contributed by atoms with Crippen LogP contribution in [0.3, 0.4) is 0 Å². The fraction of sp³-hybridized carbons (Fsp3) is 0.647. The van der Waals surface area contributed by atoms with Crippen molar-refractivity contribution in [3.8, 4) is 0 Å². The molecule has 2 aliphatic rings. The van der Waals surface area contributed by atoms with E-state index < -0.39 is 0 Å². The summed E-state index contributed by atoms with van der Waals surface area (Å²) in [7, 11) is 0. The monoisotopic (exact) mass is 307 g/mol. The van der Waals surface area contributed by atoms with E-state index in [0.29, 0.717) is 16.6 Å². The van der Waals surface area contributed by atoms with Crippen LogP contribution in [0.25, 0.3) is 0 Å². The molecule has 21 heavy (non-hydrogen) atoms. The normalized spacial score (nSPS) is 33.2. The van der Waals surface area contributed by atoms with E-state index in [4.69, 9.17) is 16.3 Å². The van der Waals surface area contributed by atoms with Crippen molar-refractivity contribution in [3.63, 3.8) is 0 Å². The van der Waals surface area contributed by atoms with E-state index in [1.807, 2.05) is 6.92 Å². The highest BCUT2D eigenvalue weighted by Gasteiger charge is 2.62. The number of aryl methyl sites for hydroxylation is 1. The minimum absolute atomic E-state index is 0.00555. The van der Waals surface area contributed by atoms with E-state index in [2.05, 4.69) is 25.8 Å². The zero-order valence-electron chi connectivity index (χ0n) is 13.1. The lowest BCUT2D eigenvalue weighted by atomic mass is 9.70. The fourth-order valence-electron chi connectivity index (χ4n) is 4.25. The number of aromatic nitrogens is 1. The zero-order chi connectivity index (χ0) is 15.4. The predicted molar refractivity (Wildman–Crippen MR) is 82.4 cm³/mol. The number of hydrogen-bond acceptors (Lipinski definition) is 3. The van der Waals surface area contributed by atoms with Crippen LogP contribution >= 0.6 is 11.6 Å². The number of carbonyl (C=O) groups excluding carboxylic acids is 1.